The van der Waals surface area contributed by atoms with E-state index in [2.05, 4.69) is 11.0 Å². The second kappa shape index (κ2) is 7.16. The van der Waals surface area contributed by atoms with Gasteiger partial charge in [0.25, 0.3) is 0 Å². The van der Waals surface area contributed by atoms with Crippen LogP contribution in [-0.2, 0) is 16.0 Å². The molecule has 1 aliphatic carbocycles. The van der Waals surface area contributed by atoms with Crippen LogP contribution in [0.1, 0.15) is 31.2 Å². The summed E-state index contributed by atoms with van der Waals surface area (Å²) in [5, 5.41) is 0. The average molecular weight is 341 g/mol. The van der Waals surface area contributed by atoms with Crippen LogP contribution >= 0.6 is 0 Å². The summed E-state index contributed by atoms with van der Waals surface area (Å²) >= 11 is 0. The predicted molar refractivity (Wildman–Crippen MR) is 97.5 cm³/mol. The molecule has 0 N–H and O–H groups in total. The average Bonchev–Trinajstić information content (AvgIpc) is 3.03. The van der Waals surface area contributed by atoms with Gasteiger partial charge in [-0.15, -0.1) is 0 Å². The zero-order valence-corrected chi connectivity index (χ0v) is 14.8. The summed E-state index contributed by atoms with van der Waals surface area (Å²) in [6.45, 7) is 5.02. The molecule has 2 heterocycles. The summed E-state index contributed by atoms with van der Waals surface area (Å²) in [5.41, 5.74) is 2.36. The Kier molecular flexibility index (Phi) is 4.75. The lowest BCUT2D eigenvalue weighted by molar-refractivity contribution is -0.140. The van der Waals surface area contributed by atoms with Crippen LogP contribution in [0.25, 0.3) is 0 Å². The van der Waals surface area contributed by atoms with Crippen molar-refractivity contribution in [3.05, 3.63) is 29.8 Å². The third-order valence-corrected chi connectivity index (χ3v) is 5.97. The van der Waals surface area contributed by atoms with Crippen LogP contribution < -0.4 is 4.90 Å². The number of hydrogen-bond donors (Lipinski definition) is 0. The van der Waals surface area contributed by atoms with Crippen molar-refractivity contribution >= 4 is 17.5 Å². The highest BCUT2D eigenvalue weighted by molar-refractivity contribution is 5.95. The first-order chi connectivity index (χ1) is 12.2. The second-order valence-corrected chi connectivity index (χ2v) is 7.47. The Labute approximate surface area is 149 Å². The molecule has 5 nitrogen and oxygen atoms in total. The van der Waals surface area contributed by atoms with Crippen molar-refractivity contribution in [2.75, 3.05) is 44.2 Å². The molecule has 0 radical (unpaired) electrons. The molecule has 5 heteroatoms. The first-order valence-electron chi connectivity index (χ1n) is 9.62. The molecule has 1 aromatic rings. The Morgan fingerprint density at radius 3 is 2.48 bits per heavy atom. The second-order valence-electron chi connectivity index (χ2n) is 7.47. The number of anilines is 1. The van der Waals surface area contributed by atoms with Crippen molar-refractivity contribution < 1.29 is 9.59 Å². The van der Waals surface area contributed by atoms with Crippen LogP contribution in [0, 0.1) is 5.92 Å². The molecule has 134 valence electrons. The van der Waals surface area contributed by atoms with Gasteiger partial charge < -0.3 is 9.80 Å². The lowest BCUT2D eigenvalue weighted by Crippen LogP contribution is -2.51. The Bertz CT molecular complexity index is 648. The maximum atomic E-state index is 12.6. The molecule has 0 bridgehead atoms. The van der Waals surface area contributed by atoms with Crippen molar-refractivity contribution in [2.45, 2.75) is 32.1 Å². The number of para-hydroxylation sites is 1. The quantitative estimate of drug-likeness (QED) is 0.840. The number of carbonyl (C=O) groups is 2. The molecule has 0 unspecified atom stereocenters. The minimum atomic E-state index is 0.220. The molecule has 0 atom stereocenters. The van der Waals surface area contributed by atoms with Crippen LogP contribution in [0.2, 0.25) is 0 Å². The van der Waals surface area contributed by atoms with Gasteiger partial charge >= 0.3 is 0 Å². The predicted octanol–water partition coefficient (Wildman–Crippen LogP) is 1.91. The summed E-state index contributed by atoms with van der Waals surface area (Å²) in [5.74, 6) is 0.872. The normalized spacial score (nSPS) is 21.1. The summed E-state index contributed by atoms with van der Waals surface area (Å²) in [6, 6.07) is 8.20. The van der Waals surface area contributed by atoms with E-state index in [1.54, 1.807) is 0 Å². The van der Waals surface area contributed by atoms with E-state index in [-0.39, 0.29) is 5.91 Å². The third kappa shape index (κ3) is 3.43. The van der Waals surface area contributed by atoms with Crippen LogP contribution in [0.3, 0.4) is 0 Å². The maximum Gasteiger partial charge on any atom is 0.228 e. The van der Waals surface area contributed by atoms with Gasteiger partial charge in [-0.1, -0.05) is 24.6 Å². The van der Waals surface area contributed by atoms with Gasteiger partial charge in [-0.25, -0.2) is 0 Å². The molecule has 1 aromatic carbocycles. The number of amides is 2. The molecule has 1 saturated carbocycles. The molecular formula is C20H27N3O2. The Balaban J connectivity index is 1.23. The fourth-order valence-electron chi connectivity index (χ4n) is 4.09. The number of rotatable bonds is 4. The van der Waals surface area contributed by atoms with Crippen molar-refractivity contribution in [1.29, 1.82) is 0 Å². The van der Waals surface area contributed by atoms with Gasteiger partial charge in [0.2, 0.25) is 11.8 Å². The number of benzene rings is 1. The number of carbonyl (C=O) groups excluding carboxylic acids is 2. The van der Waals surface area contributed by atoms with E-state index in [9.17, 15) is 9.59 Å². The van der Waals surface area contributed by atoms with Crippen molar-refractivity contribution in [1.82, 2.24) is 9.80 Å². The van der Waals surface area contributed by atoms with Crippen LogP contribution in [0.15, 0.2) is 24.3 Å². The van der Waals surface area contributed by atoms with E-state index in [1.165, 1.54) is 12.0 Å². The highest BCUT2D eigenvalue weighted by Gasteiger charge is 2.31. The number of fused-ring (bicyclic) bond motifs is 1. The van der Waals surface area contributed by atoms with Crippen LogP contribution in [0.4, 0.5) is 5.69 Å². The van der Waals surface area contributed by atoms with Gasteiger partial charge in [0.05, 0.1) is 0 Å². The minimum absolute atomic E-state index is 0.220. The Morgan fingerprint density at radius 1 is 1.00 bits per heavy atom. The minimum Gasteiger partial charge on any atom is -0.340 e. The molecule has 3 aliphatic rings. The van der Waals surface area contributed by atoms with Gasteiger partial charge in [-0.2, -0.15) is 0 Å². The fraction of sp³-hybridized carbons (Fsp3) is 0.600. The zero-order chi connectivity index (χ0) is 17.2. The maximum absolute atomic E-state index is 12.6. The summed E-state index contributed by atoms with van der Waals surface area (Å²) in [4.78, 5) is 31.2. The largest absolute Gasteiger partial charge is 0.340 e. The SMILES string of the molecule is O=C(C1CCC1)N1CCN(CCC(=O)N2CCc3ccccc32)CC1. The van der Waals surface area contributed by atoms with Gasteiger partial charge in [0.15, 0.2) is 0 Å². The van der Waals surface area contributed by atoms with Crippen molar-refractivity contribution in [2.24, 2.45) is 5.92 Å². The third-order valence-electron chi connectivity index (χ3n) is 5.97. The van der Waals surface area contributed by atoms with E-state index in [0.29, 0.717) is 18.2 Å². The molecule has 25 heavy (non-hydrogen) atoms. The molecular weight excluding hydrogens is 314 g/mol. The van der Waals surface area contributed by atoms with Crippen LogP contribution in [-0.4, -0.2) is 60.9 Å². The summed E-state index contributed by atoms with van der Waals surface area (Å²) in [7, 11) is 0. The van der Waals surface area contributed by atoms with Gasteiger partial charge in [0, 0.05) is 57.3 Å². The molecule has 4 rings (SSSR count). The fourth-order valence-corrected chi connectivity index (χ4v) is 4.09. The number of nitrogens with zero attached hydrogens (tertiary/aromatic N) is 3. The van der Waals surface area contributed by atoms with Crippen LogP contribution in [0.5, 0.6) is 0 Å². The first-order valence-corrected chi connectivity index (χ1v) is 9.62. The Hall–Kier alpha value is -1.88. The smallest absolute Gasteiger partial charge is 0.228 e. The summed E-state index contributed by atoms with van der Waals surface area (Å²) < 4.78 is 0. The highest BCUT2D eigenvalue weighted by atomic mass is 16.2. The van der Waals surface area contributed by atoms with Gasteiger partial charge in [0.1, 0.15) is 0 Å². The topological polar surface area (TPSA) is 43.9 Å². The molecule has 0 aromatic heterocycles. The molecule has 1 saturated heterocycles. The van der Waals surface area contributed by atoms with E-state index in [1.807, 2.05) is 28.0 Å². The van der Waals surface area contributed by atoms with E-state index >= 15 is 0 Å². The van der Waals surface area contributed by atoms with Gasteiger partial charge in [-0.3, -0.25) is 14.5 Å². The van der Waals surface area contributed by atoms with E-state index in [0.717, 1.165) is 64.2 Å². The number of hydrogen-bond acceptors (Lipinski definition) is 3. The number of piperazine rings is 1. The standard InChI is InChI=1S/C20H27N3O2/c24-19(23-11-8-16-4-1-2-7-18(16)23)9-10-21-12-14-22(15-13-21)20(25)17-5-3-6-17/h1-2,4,7,17H,3,5-6,8-15H2. The molecule has 2 aliphatic heterocycles. The molecule has 2 fully saturated rings. The van der Waals surface area contributed by atoms with Gasteiger partial charge in [-0.05, 0) is 30.9 Å². The zero-order valence-electron chi connectivity index (χ0n) is 14.8. The highest BCUT2D eigenvalue weighted by Crippen LogP contribution is 2.29. The van der Waals surface area contributed by atoms with E-state index in [4.69, 9.17) is 0 Å². The monoisotopic (exact) mass is 341 g/mol. The van der Waals surface area contributed by atoms with Crippen molar-refractivity contribution in [3.63, 3.8) is 0 Å². The Morgan fingerprint density at radius 2 is 1.76 bits per heavy atom. The summed E-state index contributed by atoms with van der Waals surface area (Å²) in [6.07, 6.45) is 4.88. The lowest BCUT2D eigenvalue weighted by Gasteiger charge is -2.38. The first kappa shape index (κ1) is 16.6. The van der Waals surface area contributed by atoms with E-state index < -0.39 is 0 Å². The molecule has 2 amide bonds. The molecule has 0 spiro atoms. The lowest BCUT2D eigenvalue weighted by atomic mass is 9.84. The van der Waals surface area contributed by atoms with Crippen molar-refractivity contribution in [3.8, 4) is 0 Å².